The Morgan fingerprint density at radius 1 is 1.12 bits per heavy atom. The predicted molar refractivity (Wildman–Crippen MR) is 126 cm³/mol. The number of hydrogen-bond acceptors (Lipinski definition) is 5. The molecule has 6 heteroatoms. The highest BCUT2D eigenvalue weighted by atomic mass is 32.1. The summed E-state index contributed by atoms with van der Waals surface area (Å²) in [6.07, 6.45) is 1.63. The van der Waals surface area contributed by atoms with E-state index in [-0.39, 0.29) is 23.3 Å². The van der Waals surface area contributed by atoms with Gasteiger partial charge in [-0.1, -0.05) is 45.0 Å². The minimum Gasteiger partial charge on any atom is -0.507 e. The maximum atomic E-state index is 13.2. The second kappa shape index (κ2) is 8.36. The molecule has 4 rings (SSSR count). The largest absolute Gasteiger partial charge is 0.507 e. The zero-order valence-electron chi connectivity index (χ0n) is 18.6. The van der Waals surface area contributed by atoms with E-state index in [1.165, 1.54) is 16.2 Å². The van der Waals surface area contributed by atoms with Crippen LogP contribution in [-0.4, -0.2) is 26.7 Å². The first kappa shape index (κ1) is 22.0. The van der Waals surface area contributed by atoms with Crippen LogP contribution in [0.5, 0.6) is 0 Å². The van der Waals surface area contributed by atoms with Crippen molar-refractivity contribution >= 4 is 28.8 Å². The van der Waals surface area contributed by atoms with E-state index in [4.69, 9.17) is 0 Å². The van der Waals surface area contributed by atoms with Crippen LogP contribution in [0.15, 0.2) is 65.7 Å². The van der Waals surface area contributed by atoms with Crippen LogP contribution in [0.3, 0.4) is 0 Å². The van der Waals surface area contributed by atoms with Gasteiger partial charge in [0, 0.05) is 16.6 Å². The number of ketones is 1. The summed E-state index contributed by atoms with van der Waals surface area (Å²) in [6, 6.07) is 14.3. The van der Waals surface area contributed by atoms with E-state index in [1.54, 1.807) is 18.3 Å². The summed E-state index contributed by atoms with van der Waals surface area (Å²) in [5.74, 6) is -1.47. The lowest BCUT2D eigenvalue weighted by Gasteiger charge is -2.24. The molecule has 0 aliphatic carbocycles. The summed E-state index contributed by atoms with van der Waals surface area (Å²) < 4.78 is 0. The first-order chi connectivity index (χ1) is 15.2. The second-order valence-electron chi connectivity index (χ2n) is 9.04. The molecule has 1 atom stereocenters. The van der Waals surface area contributed by atoms with E-state index in [9.17, 15) is 14.7 Å². The normalized spacial score (nSPS) is 18.4. The van der Waals surface area contributed by atoms with Crippen molar-refractivity contribution in [2.24, 2.45) is 0 Å². The van der Waals surface area contributed by atoms with Crippen molar-refractivity contribution < 1.29 is 14.7 Å². The first-order valence-corrected chi connectivity index (χ1v) is 11.4. The molecule has 2 aromatic heterocycles. The number of rotatable bonds is 4. The number of pyridine rings is 1. The molecule has 3 heterocycles. The highest BCUT2D eigenvalue weighted by molar-refractivity contribution is 7.09. The second-order valence-corrected chi connectivity index (χ2v) is 10.1. The van der Waals surface area contributed by atoms with Gasteiger partial charge in [-0.25, -0.2) is 0 Å². The van der Waals surface area contributed by atoms with E-state index in [1.807, 2.05) is 48.7 Å². The standard InChI is InChI=1S/C26H26N2O3S/c1-16-10-11-17(26(2,3)4)14-19(16)23(29)21-22(20-9-5-6-12-27-20)28(25(31)24(21)30)15-18-8-7-13-32-18/h5-14,22,29H,15H2,1-4H3/b23-21+. The van der Waals surface area contributed by atoms with Gasteiger partial charge in [-0.05, 0) is 53.1 Å². The zero-order valence-corrected chi connectivity index (χ0v) is 19.4. The van der Waals surface area contributed by atoms with Gasteiger partial charge in [-0.3, -0.25) is 14.6 Å². The van der Waals surface area contributed by atoms with Crippen molar-refractivity contribution in [3.8, 4) is 0 Å². The number of thiophene rings is 1. The van der Waals surface area contributed by atoms with Crippen LogP contribution in [0, 0.1) is 6.92 Å². The van der Waals surface area contributed by atoms with Crippen LogP contribution in [0.25, 0.3) is 5.76 Å². The molecule has 1 aliphatic heterocycles. The maximum absolute atomic E-state index is 13.2. The van der Waals surface area contributed by atoms with Crippen LogP contribution < -0.4 is 0 Å². The number of amides is 1. The molecule has 1 fully saturated rings. The van der Waals surface area contributed by atoms with E-state index in [0.29, 0.717) is 11.3 Å². The third-order valence-corrected chi connectivity index (χ3v) is 6.63. The molecule has 1 aromatic carbocycles. The van der Waals surface area contributed by atoms with Gasteiger partial charge in [-0.2, -0.15) is 0 Å². The zero-order chi connectivity index (χ0) is 23.0. The van der Waals surface area contributed by atoms with Gasteiger partial charge < -0.3 is 10.0 Å². The average molecular weight is 447 g/mol. The number of aromatic nitrogens is 1. The molecule has 0 bridgehead atoms. The lowest BCUT2D eigenvalue weighted by molar-refractivity contribution is -0.140. The van der Waals surface area contributed by atoms with Crippen molar-refractivity contribution in [3.63, 3.8) is 0 Å². The Morgan fingerprint density at radius 3 is 2.53 bits per heavy atom. The number of aryl methyl sites for hydroxylation is 1. The van der Waals surface area contributed by atoms with Crippen LogP contribution in [0.2, 0.25) is 0 Å². The minimum absolute atomic E-state index is 0.0828. The molecule has 3 aromatic rings. The lowest BCUT2D eigenvalue weighted by atomic mass is 9.84. The summed E-state index contributed by atoms with van der Waals surface area (Å²) in [7, 11) is 0. The summed E-state index contributed by atoms with van der Waals surface area (Å²) in [4.78, 5) is 33.2. The molecule has 164 valence electrons. The van der Waals surface area contributed by atoms with Crippen molar-refractivity contribution in [1.82, 2.24) is 9.88 Å². The fraction of sp³-hybridized carbons (Fsp3) is 0.269. The van der Waals surface area contributed by atoms with Crippen molar-refractivity contribution in [1.29, 1.82) is 0 Å². The number of benzene rings is 1. The third-order valence-electron chi connectivity index (χ3n) is 5.77. The molecule has 1 N–H and O–H groups in total. The molecule has 1 amide bonds. The van der Waals surface area contributed by atoms with Gasteiger partial charge in [0.25, 0.3) is 11.7 Å². The van der Waals surface area contributed by atoms with Crippen LogP contribution in [0.1, 0.15) is 54.1 Å². The molecular formula is C26H26N2O3S. The predicted octanol–water partition coefficient (Wildman–Crippen LogP) is 5.37. The molecule has 1 unspecified atom stereocenters. The quantitative estimate of drug-likeness (QED) is 0.332. The van der Waals surface area contributed by atoms with Gasteiger partial charge in [0.05, 0.1) is 17.8 Å². The Kier molecular flexibility index (Phi) is 5.73. The average Bonchev–Trinajstić information content (AvgIpc) is 3.36. The Morgan fingerprint density at radius 2 is 1.91 bits per heavy atom. The van der Waals surface area contributed by atoms with Crippen LogP contribution in [-0.2, 0) is 21.5 Å². The summed E-state index contributed by atoms with van der Waals surface area (Å²) in [5.41, 5.74) is 2.93. The monoisotopic (exact) mass is 446 g/mol. The number of aliphatic hydroxyl groups excluding tert-OH is 1. The van der Waals surface area contributed by atoms with Crippen molar-refractivity contribution in [2.45, 2.75) is 45.7 Å². The van der Waals surface area contributed by atoms with Crippen molar-refractivity contribution in [2.75, 3.05) is 0 Å². The van der Waals surface area contributed by atoms with Crippen LogP contribution in [0.4, 0.5) is 0 Å². The smallest absolute Gasteiger partial charge is 0.296 e. The van der Waals surface area contributed by atoms with Gasteiger partial charge in [0.1, 0.15) is 11.8 Å². The fourth-order valence-corrected chi connectivity index (χ4v) is 4.65. The first-order valence-electron chi connectivity index (χ1n) is 10.5. The van der Waals surface area contributed by atoms with Crippen molar-refractivity contribution in [3.05, 3.63) is 92.9 Å². The van der Waals surface area contributed by atoms with E-state index in [0.717, 1.165) is 16.0 Å². The Labute approximate surface area is 192 Å². The molecule has 0 radical (unpaired) electrons. The van der Waals surface area contributed by atoms with Gasteiger partial charge in [-0.15, -0.1) is 11.3 Å². The molecular weight excluding hydrogens is 420 g/mol. The molecule has 0 spiro atoms. The molecule has 1 aliphatic rings. The molecule has 1 saturated heterocycles. The lowest BCUT2D eigenvalue weighted by Crippen LogP contribution is -2.29. The number of hydrogen-bond donors (Lipinski definition) is 1. The number of likely N-dealkylation sites (tertiary alicyclic amines) is 1. The van der Waals surface area contributed by atoms with Gasteiger partial charge >= 0.3 is 0 Å². The number of carbonyl (C=O) groups is 2. The third kappa shape index (κ3) is 3.98. The molecule has 32 heavy (non-hydrogen) atoms. The SMILES string of the molecule is Cc1ccc(C(C)(C)C)cc1/C(O)=C1\C(=O)C(=O)N(Cc2cccs2)C1c1ccccn1. The summed E-state index contributed by atoms with van der Waals surface area (Å²) >= 11 is 1.52. The Balaban J connectivity index is 1.90. The van der Waals surface area contributed by atoms with Gasteiger partial charge in [0.15, 0.2) is 0 Å². The fourth-order valence-electron chi connectivity index (χ4n) is 3.95. The molecule has 5 nitrogen and oxygen atoms in total. The minimum atomic E-state index is -0.754. The topological polar surface area (TPSA) is 70.5 Å². The van der Waals surface area contributed by atoms with Gasteiger partial charge in [0.2, 0.25) is 0 Å². The Hall–Kier alpha value is -3.25. The highest BCUT2D eigenvalue weighted by Crippen LogP contribution is 2.40. The number of nitrogens with zero attached hydrogens (tertiary/aromatic N) is 2. The highest BCUT2D eigenvalue weighted by Gasteiger charge is 2.47. The Bertz CT molecular complexity index is 1190. The number of carbonyl (C=O) groups excluding carboxylic acids is 2. The summed E-state index contributed by atoms with van der Waals surface area (Å²) in [5, 5.41) is 13.3. The van der Waals surface area contributed by atoms with E-state index in [2.05, 4.69) is 25.8 Å². The molecule has 0 saturated carbocycles. The summed E-state index contributed by atoms with van der Waals surface area (Å²) in [6.45, 7) is 8.44. The van der Waals surface area contributed by atoms with E-state index >= 15 is 0 Å². The van der Waals surface area contributed by atoms with Crippen LogP contribution >= 0.6 is 11.3 Å². The number of Topliss-reactive ketones (excluding diaryl/α,β-unsaturated/α-hetero) is 1. The maximum Gasteiger partial charge on any atom is 0.296 e. The number of aliphatic hydroxyl groups is 1. The van der Waals surface area contributed by atoms with E-state index < -0.39 is 17.7 Å².